The van der Waals surface area contributed by atoms with E-state index in [0.717, 1.165) is 6.54 Å². The first-order valence-electron chi connectivity index (χ1n) is 11.6. The number of carbonyl (C=O) groups excluding carboxylic acids is 3. The smallest absolute Gasteiger partial charge is 0.414 e. The van der Waals surface area contributed by atoms with Gasteiger partial charge in [0, 0.05) is 31.8 Å². The van der Waals surface area contributed by atoms with E-state index < -0.39 is 30.2 Å². The highest BCUT2D eigenvalue weighted by atomic mass is 32.2. The third-order valence-electron chi connectivity index (χ3n) is 6.26. The van der Waals surface area contributed by atoms with Gasteiger partial charge in [0.05, 0.1) is 24.5 Å². The maximum absolute atomic E-state index is 15.3. The Morgan fingerprint density at radius 2 is 2.00 bits per heavy atom. The van der Waals surface area contributed by atoms with Crippen molar-refractivity contribution in [1.29, 1.82) is 0 Å². The summed E-state index contributed by atoms with van der Waals surface area (Å²) in [5, 5.41) is 5.95. The zero-order valence-corrected chi connectivity index (χ0v) is 20.0. The molecule has 4 rings (SSSR count). The number of nitrogens with zero attached hydrogens (tertiary/aromatic N) is 3. The van der Waals surface area contributed by atoms with Crippen LogP contribution >= 0.6 is 11.9 Å². The first-order chi connectivity index (χ1) is 16.3. The highest BCUT2D eigenvalue weighted by Gasteiger charge is 2.35. The van der Waals surface area contributed by atoms with Crippen molar-refractivity contribution < 1.29 is 23.5 Å². The fourth-order valence-electron chi connectivity index (χ4n) is 4.63. The van der Waals surface area contributed by atoms with E-state index >= 15 is 4.39 Å². The minimum Gasteiger partial charge on any atom is -0.442 e. The molecule has 4 amide bonds. The lowest BCUT2D eigenvalue weighted by atomic mass is 10.2. The maximum atomic E-state index is 15.3. The van der Waals surface area contributed by atoms with E-state index in [4.69, 9.17) is 10.5 Å². The standard InChI is InChI=1S/C22H31FN6O4S/c1-14(30)25-11-16-12-29(22(32)33-16)15-6-7-19(18(23)10-15)28-9-8-27(13-20(28)26-21(24)31)34-17-4-2-3-5-17/h6-7,10,16-17,20H,2-5,8-9,11-13H2,1H3,(H,25,30)(H3,24,26,31). The number of nitrogens with one attached hydrogen (secondary N) is 2. The Kier molecular flexibility index (Phi) is 7.67. The molecule has 4 N–H and O–H groups in total. The van der Waals surface area contributed by atoms with Gasteiger partial charge in [-0.1, -0.05) is 24.8 Å². The van der Waals surface area contributed by atoms with Gasteiger partial charge >= 0.3 is 12.1 Å². The second-order valence-corrected chi connectivity index (χ2v) is 10.2. The number of rotatable bonds is 7. The van der Waals surface area contributed by atoms with Gasteiger partial charge in [-0.2, -0.15) is 0 Å². The number of piperazine rings is 1. The minimum absolute atomic E-state index is 0.196. The molecule has 3 fully saturated rings. The summed E-state index contributed by atoms with van der Waals surface area (Å²) < 4.78 is 22.8. The van der Waals surface area contributed by atoms with E-state index in [0.29, 0.717) is 29.7 Å². The van der Waals surface area contributed by atoms with Crippen LogP contribution in [0.3, 0.4) is 0 Å². The van der Waals surface area contributed by atoms with Gasteiger partial charge in [-0.05, 0) is 31.0 Å². The summed E-state index contributed by atoms with van der Waals surface area (Å²) in [7, 11) is 0. The van der Waals surface area contributed by atoms with Crippen molar-refractivity contribution in [3.05, 3.63) is 24.0 Å². The minimum atomic E-state index is -0.662. The largest absolute Gasteiger partial charge is 0.442 e. The van der Waals surface area contributed by atoms with Gasteiger partial charge in [0.1, 0.15) is 18.1 Å². The van der Waals surface area contributed by atoms with Crippen molar-refractivity contribution in [2.75, 3.05) is 42.5 Å². The summed E-state index contributed by atoms with van der Waals surface area (Å²) in [5.41, 5.74) is 6.11. The number of amides is 4. The number of primary amides is 1. The van der Waals surface area contributed by atoms with Crippen molar-refractivity contribution in [3.8, 4) is 0 Å². The lowest BCUT2D eigenvalue weighted by molar-refractivity contribution is -0.119. The van der Waals surface area contributed by atoms with Crippen molar-refractivity contribution in [1.82, 2.24) is 14.9 Å². The molecule has 0 radical (unpaired) electrons. The van der Waals surface area contributed by atoms with Gasteiger partial charge in [-0.3, -0.25) is 9.69 Å². The highest BCUT2D eigenvalue weighted by Crippen LogP contribution is 2.34. The van der Waals surface area contributed by atoms with Crippen LogP contribution in [-0.4, -0.2) is 72.6 Å². The number of halogens is 1. The molecule has 1 aliphatic carbocycles. The van der Waals surface area contributed by atoms with Crippen LogP contribution in [0.5, 0.6) is 0 Å². The summed E-state index contributed by atoms with van der Waals surface area (Å²) >= 11 is 1.82. The number of urea groups is 1. The Morgan fingerprint density at radius 3 is 2.68 bits per heavy atom. The van der Waals surface area contributed by atoms with E-state index in [1.165, 1.54) is 43.6 Å². The number of benzene rings is 1. The number of anilines is 2. The fourth-order valence-corrected chi connectivity index (χ4v) is 6.01. The predicted octanol–water partition coefficient (Wildman–Crippen LogP) is 1.99. The van der Waals surface area contributed by atoms with Crippen molar-refractivity contribution in [3.63, 3.8) is 0 Å². The van der Waals surface area contributed by atoms with Crippen molar-refractivity contribution in [2.24, 2.45) is 5.73 Å². The summed E-state index contributed by atoms with van der Waals surface area (Å²) in [5.74, 6) is -0.727. The average Bonchev–Trinajstić information content (AvgIpc) is 3.42. The van der Waals surface area contributed by atoms with Crippen LogP contribution < -0.4 is 26.2 Å². The van der Waals surface area contributed by atoms with E-state index in [2.05, 4.69) is 14.9 Å². The van der Waals surface area contributed by atoms with Crippen molar-refractivity contribution >= 4 is 41.4 Å². The molecule has 1 aromatic rings. The second-order valence-electron chi connectivity index (χ2n) is 8.81. The normalized spacial score (nSPS) is 23.8. The third-order valence-corrected chi connectivity index (χ3v) is 7.66. The van der Waals surface area contributed by atoms with Gasteiger partial charge < -0.3 is 26.0 Å². The SMILES string of the molecule is CC(=O)NCC1CN(c2ccc(N3CCN(SC4CCCC4)CC3NC(N)=O)c(F)c2)C(=O)O1. The predicted molar refractivity (Wildman–Crippen MR) is 128 cm³/mol. The third kappa shape index (κ3) is 5.84. The van der Waals surface area contributed by atoms with E-state index in [-0.39, 0.29) is 19.0 Å². The Labute approximate surface area is 202 Å². The van der Waals surface area contributed by atoms with Gasteiger partial charge in [-0.25, -0.2) is 18.3 Å². The van der Waals surface area contributed by atoms with E-state index in [1.54, 1.807) is 17.0 Å². The highest BCUT2D eigenvalue weighted by molar-refractivity contribution is 7.97. The molecule has 186 valence electrons. The molecular formula is C22H31FN6O4S. The number of ether oxygens (including phenoxy) is 1. The van der Waals surface area contributed by atoms with Crippen LogP contribution in [0.1, 0.15) is 32.6 Å². The van der Waals surface area contributed by atoms with Gasteiger partial charge in [0.2, 0.25) is 5.91 Å². The van der Waals surface area contributed by atoms with Crippen LogP contribution in [0.4, 0.5) is 25.4 Å². The molecule has 2 heterocycles. The number of nitrogens with two attached hydrogens (primary N) is 1. The molecule has 0 spiro atoms. The first-order valence-corrected chi connectivity index (χ1v) is 12.4. The van der Waals surface area contributed by atoms with Gasteiger partial charge in [0.25, 0.3) is 0 Å². The van der Waals surface area contributed by atoms with Crippen LogP contribution in [0.2, 0.25) is 0 Å². The molecule has 0 bridgehead atoms. The van der Waals surface area contributed by atoms with Crippen LogP contribution in [0, 0.1) is 5.82 Å². The van der Waals surface area contributed by atoms with E-state index in [9.17, 15) is 14.4 Å². The lowest BCUT2D eigenvalue weighted by Crippen LogP contribution is -2.60. The topological polar surface area (TPSA) is 120 Å². The number of carbonyl (C=O) groups is 3. The van der Waals surface area contributed by atoms with Crippen LogP contribution in [0.15, 0.2) is 18.2 Å². The molecule has 2 saturated heterocycles. The molecule has 2 unspecified atom stereocenters. The summed E-state index contributed by atoms with van der Waals surface area (Å²) in [6, 6.07) is 3.89. The molecule has 1 saturated carbocycles. The molecule has 0 aromatic heterocycles. The molecular weight excluding hydrogens is 463 g/mol. The zero-order chi connectivity index (χ0) is 24.2. The monoisotopic (exact) mass is 494 g/mol. The quantitative estimate of drug-likeness (QED) is 0.496. The Morgan fingerprint density at radius 1 is 1.24 bits per heavy atom. The molecule has 2 atom stereocenters. The summed E-state index contributed by atoms with van der Waals surface area (Å²) in [4.78, 5) is 38.2. The molecule has 3 aliphatic rings. The maximum Gasteiger partial charge on any atom is 0.414 e. The average molecular weight is 495 g/mol. The van der Waals surface area contributed by atoms with Crippen LogP contribution in [0.25, 0.3) is 0 Å². The molecule has 12 heteroatoms. The lowest BCUT2D eigenvalue weighted by Gasteiger charge is -2.42. The Hall–Kier alpha value is -2.73. The fraction of sp³-hybridized carbons (Fsp3) is 0.591. The van der Waals surface area contributed by atoms with Crippen molar-refractivity contribution in [2.45, 2.75) is 50.1 Å². The van der Waals surface area contributed by atoms with Gasteiger partial charge in [0.15, 0.2) is 0 Å². The molecule has 10 nitrogen and oxygen atoms in total. The molecule has 2 aliphatic heterocycles. The molecule has 34 heavy (non-hydrogen) atoms. The summed E-state index contributed by atoms with van der Waals surface area (Å²) in [6.07, 6.45) is 3.31. The number of hydrogen-bond donors (Lipinski definition) is 3. The number of hydrogen-bond acceptors (Lipinski definition) is 7. The van der Waals surface area contributed by atoms with Crippen LogP contribution in [-0.2, 0) is 9.53 Å². The van der Waals surface area contributed by atoms with E-state index in [1.807, 2.05) is 11.9 Å². The first kappa shape index (κ1) is 24.4. The molecule has 1 aromatic carbocycles. The second kappa shape index (κ2) is 10.7. The number of cyclic esters (lactones) is 1. The Bertz CT molecular complexity index is 931. The van der Waals surface area contributed by atoms with Gasteiger partial charge in [-0.15, -0.1) is 0 Å². The Balaban J connectivity index is 1.45. The summed E-state index contributed by atoms with van der Waals surface area (Å²) in [6.45, 7) is 3.56. The zero-order valence-electron chi connectivity index (χ0n) is 19.2.